The number of rotatable bonds is 7. The maximum absolute atomic E-state index is 12.4. The molecule has 1 aliphatic carbocycles. The topological polar surface area (TPSA) is 224 Å². The van der Waals surface area contributed by atoms with E-state index < -0.39 is 63.5 Å². The van der Waals surface area contributed by atoms with E-state index in [4.69, 9.17) is 0 Å². The smallest absolute Gasteiger partial charge is 0.324 e. The van der Waals surface area contributed by atoms with Crippen LogP contribution in [0, 0.1) is 16.7 Å². The van der Waals surface area contributed by atoms with Crippen molar-refractivity contribution in [3.05, 3.63) is 48.0 Å². The largest absolute Gasteiger partial charge is 0.481 e. The highest BCUT2D eigenvalue weighted by Crippen LogP contribution is 2.61. The number of carbonyl (C=O) groups is 6. The van der Waals surface area contributed by atoms with E-state index in [9.17, 15) is 59.4 Å². The van der Waals surface area contributed by atoms with Crippen molar-refractivity contribution in [2.45, 2.75) is 5.41 Å². The Balaban J connectivity index is 3.34. The first-order valence-corrected chi connectivity index (χ1v) is 8.01. The molecule has 0 saturated heterocycles. The predicted molar refractivity (Wildman–Crippen MR) is 91.4 cm³/mol. The standard InChI is InChI=1S/C18H14O12/c19-10(20)9-6-7-16(11(21)22,8-4-2-1-3-5-8)18(14(27)28,15(29)30)17(9,12(23)24)13(25)26/h1-7,9H,(H,19,20)(H,21,22)(H,23,24)(H,25,26)(H,27,28)(H,29,30). The molecule has 2 unspecified atom stereocenters. The van der Waals surface area contributed by atoms with Gasteiger partial charge in [0.1, 0.15) is 11.3 Å². The molecule has 30 heavy (non-hydrogen) atoms. The number of hydrogen-bond acceptors (Lipinski definition) is 6. The highest BCUT2D eigenvalue weighted by atomic mass is 16.4. The quantitative estimate of drug-likeness (QED) is 0.244. The first-order valence-electron chi connectivity index (χ1n) is 8.01. The van der Waals surface area contributed by atoms with Gasteiger partial charge in [-0.25, -0.2) is 0 Å². The van der Waals surface area contributed by atoms with Gasteiger partial charge in [0, 0.05) is 0 Å². The van der Waals surface area contributed by atoms with Gasteiger partial charge in [-0.15, -0.1) is 0 Å². The van der Waals surface area contributed by atoms with Gasteiger partial charge >= 0.3 is 35.8 Å². The van der Waals surface area contributed by atoms with Gasteiger partial charge in [-0.05, 0) is 5.56 Å². The molecule has 0 radical (unpaired) electrons. The van der Waals surface area contributed by atoms with Crippen LogP contribution in [-0.2, 0) is 34.2 Å². The van der Waals surface area contributed by atoms with E-state index in [2.05, 4.69) is 0 Å². The summed E-state index contributed by atoms with van der Waals surface area (Å²) in [5.74, 6) is -17.7. The number of aliphatic carboxylic acids is 6. The van der Waals surface area contributed by atoms with Crippen LogP contribution in [0.25, 0.3) is 0 Å². The fraction of sp³-hybridized carbons (Fsp3) is 0.222. The summed E-state index contributed by atoms with van der Waals surface area (Å²) in [5.41, 5.74) is -12.2. The average molecular weight is 422 g/mol. The zero-order valence-corrected chi connectivity index (χ0v) is 14.8. The van der Waals surface area contributed by atoms with Crippen LogP contribution in [0.15, 0.2) is 42.5 Å². The molecule has 0 fully saturated rings. The van der Waals surface area contributed by atoms with E-state index >= 15 is 0 Å². The first-order chi connectivity index (χ1) is 13.9. The molecule has 0 amide bonds. The monoisotopic (exact) mass is 422 g/mol. The molecule has 1 aromatic rings. The molecule has 0 aliphatic heterocycles. The maximum Gasteiger partial charge on any atom is 0.324 e. The van der Waals surface area contributed by atoms with Gasteiger partial charge in [0.15, 0.2) is 0 Å². The summed E-state index contributed by atoms with van der Waals surface area (Å²) < 4.78 is 0. The normalized spacial score (nSPS) is 23.8. The van der Waals surface area contributed by atoms with Crippen molar-refractivity contribution in [1.29, 1.82) is 0 Å². The number of benzene rings is 1. The third-order valence-electron chi connectivity index (χ3n) is 5.34. The van der Waals surface area contributed by atoms with E-state index in [-0.39, 0.29) is 0 Å². The van der Waals surface area contributed by atoms with E-state index in [1.807, 2.05) is 0 Å². The van der Waals surface area contributed by atoms with Crippen molar-refractivity contribution in [3.63, 3.8) is 0 Å². The highest BCUT2D eigenvalue weighted by Gasteiger charge is 2.85. The van der Waals surface area contributed by atoms with Gasteiger partial charge < -0.3 is 30.6 Å². The van der Waals surface area contributed by atoms with Gasteiger partial charge in [0.2, 0.25) is 10.8 Å². The molecule has 0 spiro atoms. The fourth-order valence-electron chi connectivity index (χ4n) is 4.14. The summed E-state index contributed by atoms with van der Waals surface area (Å²) in [6.07, 6.45) is 0.797. The van der Waals surface area contributed by atoms with E-state index in [0.717, 1.165) is 12.1 Å². The maximum atomic E-state index is 12.4. The summed E-state index contributed by atoms with van der Waals surface area (Å²) in [6.45, 7) is 0. The van der Waals surface area contributed by atoms with Crippen LogP contribution >= 0.6 is 0 Å². The summed E-state index contributed by atoms with van der Waals surface area (Å²) in [7, 11) is 0. The lowest BCUT2D eigenvalue weighted by molar-refractivity contribution is -0.212. The van der Waals surface area contributed by atoms with Crippen LogP contribution in [0.2, 0.25) is 0 Å². The second kappa shape index (κ2) is 6.99. The Morgan fingerprint density at radius 1 is 0.667 bits per heavy atom. The number of carboxylic acid groups (broad SMARTS) is 6. The van der Waals surface area contributed by atoms with Crippen LogP contribution in [0.3, 0.4) is 0 Å². The Morgan fingerprint density at radius 2 is 1.13 bits per heavy atom. The average Bonchev–Trinajstić information content (AvgIpc) is 2.65. The molecule has 158 valence electrons. The lowest BCUT2D eigenvalue weighted by atomic mass is 9.42. The van der Waals surface area contributed by atoms with Gasteiger partial charge in [-0.3, -0.25) is 28.8 Å². The Labute approximate surface area is 166 Å². The Morgan fingerprint density at radius 3 is 1.47 bits per heavy atom. The van der Waals surface area contributed by atoms with Crippen LogP contribution in [0.4, 0.5) is 0 Å². The SMILES string of the molecule is O=C(O)C1C=CC(C(=O)O)(c2ccccc2)C(C(=O)O)(C(=O)O)C1(C(=O)O)C(=O)O. The minimum atomic E-state index is -4.21. The first kappa shape index (κ1) is 22.1. The number of carboxylic acids is 6. The Bertz CT molecular complexity index is 964. The van der Waals surface area contributed by atoms with E-state index in [0.29, 0.717) is 12.2 Å². The zero-order chi connectivity index (χ0) is 23.1. The molecule has 12 heteroatoms. The lowest BCUT2D eigenvalue weighted by Crippen LogP contribution is -2.75. The van der Waals surface area contributed by atoms with Gasteiger partial charge in [-0.2, -0.15) is 0 Å². The molecule has 0 bridgehead atoms. The van der Waals surface area contributed by atoms with Crippen molar-refractivity contribution in [2.75, 3.05) is 0 Å². The van der Waals surface area contributed by atoms with E-state index in [1.54, 1.807) is 0 Å². The fourth-order valence-corrected chi connectivity index (χ4v) is 4.14. The lowest BCUT2D eigenvalue weighted by Gasteiger charge is -2.51. The molecule has 0 heterocycles. The molecule has 2 rings (SSSR count). The summed E-state index contributed by atoms with van der Waals surface area (Å²) in [6, 6.07) is 5.67. The molecule has 2 atom stereocenters. The molecule has 0 saturated carbocycles. The third kappa shape index (κ3) is 2.27. The Hall–Kier alpha value is -4.22. The molecule has 12 nitrogen and oxygen atoms in total. The van der Waals surface area contributed by atoms with Crippen molar-refractivity contribution >= 4 is 35.8 Å². The predicted octanol–water partition coefficient (Wildman–Crippen LogP) is -0.409. The van der Waals surface area contributed by atoms with Gasteiger partial charge in [0.05, 0.1) is 0 Å². The summed E-state index contributed by atoms with van der Waals surface area (Å²) >= 11 is 0. The van der Waals surface area contributed by atoms with Crippen LogP contribution in [-0.4, -0.2) is 66.5 Å². The Kier molecular flexibility index (Phi) is 5.14. The van der Waals surface area contributed by atoms with E-state index in [1.165, 1.54) is 18.2 Å². The molecular formula is C18H14O12. The summed E-state index contributed by atoms with van der Waals surface area (Å²) in [4.78, 5) is 73.3. The number of hydrogen-bond donors (Lipinski definition) is 6. The zero-order valence-electron chi connectivity index (χ0n) is 14.8. The molecule has 6 N–H and O–H groups in total. The molecule has 1 aromatic carbocycles. The summed E-state index contributed by atoms with van der Waals surface area (Å²) in [5, 5.41) is 58.9. The minimum absolute atomic E-state index is 0.385. The van der Waals surface area contributed by atoms with Gasteiger partial charge in [0.25, 0.3) is 0 Å². The van der Waals surface area contributed by atoms with Crippen molar-refractivity contribution in [2.24, 2.45) is 16.7 Å². The third-order valence-corrected chi connectivity index (χ3v) is 5.34. The van der Waals surface area contributed by atoms with Crippen molar-refractivity contribution in [3.8, 4) is 0 Å². The molecule has 1 aliphatic rings. The van der Waals surface area contributed by atoms with Crippen molar-refractivity contribution < 1.29 is 59.4 Å². The van der Waals surface area contributed by atoms with Crippen LogP contribution in [0.5, 0.6) is 0 Å². The van der Waals surface area contributed by atoms with Crippen molar-refractivity contribution in [1.82, 2.24) is 0 Å². The minimum Gasteiger partial charge on any atom is -0.481 e. The van der Waals surface area contributed by atoms with Crippen LogP contribution in [0.1, 0.15) is 5.56 Å². The molecular weight excluding hydrogens is 408 g/mol. The van der Waals surface area contributed by atoms with Gasteiger partial charge in [-0.1, -0.05) is 42.5 Å². The second-order valence-electron chi connectivity index (χ2n) is 6.43. The second-order valence-corrected chi connectivity index (χ2v) is 6.43. The van der Waals surface area contributed by atoms with Crippen LogP contribution < -0.4 is 0 Å². The highest BCUT2D eigenvalue weighted by molar-refractivity contribution is 6.20. The molecule has 0 aromatic heterocycles.